The first-order chi connectivity index (χ1) is 12.6. The maximum atomic E-state index is 12.2. The van der Waals surface area contributed by atoms with Gasteiger partial charge in [-0.1, -0.05) is 35.0 Å². The van der Waals surface area contributed by atoms with Crippen molar-refractivity contribution < 1.29 is 19.0 Å². The van der Waals surface area contributed by atoms with Gasteiger partial charge in [-0.25, -0.2) is 9.79 Å². The lowest BCUT2D eigenvalue weighted by atomic mass is 10.1. The van der Waals surface area contributed by atoms with Crippen molar-refractivity contribution in [3.63, 3.8) is 0 Å². The molecule has 5 nitrogen and oxygen atoms in total. The van der Waals surface area contributed by atoms with Gasteiger partial charge in [0.15, 0.2) is 17.2 Å². The van der Waals surface area contributed by atoms with Crippen LogP contribution >= 0.6 is 15.9 Å². The summed E-state index contributed by atoms with van der Waals surface area (Å²) in [5.74, 6) is 1.09. The Morgan fingerprint density at radius 2 is 2.04 bits per heavy atom. The fourth-order valence-electron chi connectivity index (χ4n) is 2.42. The normalized spacial score (nSPS) is 15.0. The minimum absolute atomic E-state index is 0.242. The van der Waals surface area contributed by atoms with Crippen molar-refractivity contribution in [2.45, 2.75) is 13.3 Å². The van der Waals surface area contributed by atoms with E-state index in [0.29, 0.717) is 24.0 Å². The third kappa shape index (κ3) is 4.14. The second kappa shape index (κ2) is 8.19. The lowest BCUT2D eigenvalue weighted by molar-refractivity contribution is -0.129. The van der Waals surface area contributed by atoms with E-state index in [4.69, 9.17) is 14.2 Å². The first-order valence-corrected chi connectivity index (χ1v) is 8.99. The van der Waals surface area contributed by atoms with Gasteiger partial charge in [0.2, 0.25) is 5.90 Å². The van der Waals surface area contributed by atoms with Crippen LogP contribution in [-0.2, 0) is 9.53 Å². The molecule has 0 aliphatic carbocycles. The Morgan fingerprint density at radius 1 is 1.19 bits per heavy atom. The zero-order valence-electron chi connectivity index (χ0n) is 14.5. The van der Waals surface area contributed by atoms with Crippen LogP contribution in [0.25, 0.3) is 6.08 Å². The summed E-state index contributed by atoms with van der Waals surface area (Å²) >= 11 is 3.40. The van der Waals surface area contributed by atoms with Gasteiger partial charge in [0.05, 0.1) is 13.7 Å². The van der Waals surface area contributed by atoms with Gasteiger partial charge in [-0.15, -0.1) is 0 Å². The fraction of sp³-hybridized carbons (Fsp3) is 0.200. The number of nitrogens with zero attached hydrogens (tertiary/aromatic N) is 1. The molecule has 0 saturated heterocycles. The zero-order chi connectivity index (χ0) is 18.5. The molecule has 6 heteroatoms. The van der Waals surface area contributed by atoms with Gasteiger partial charge < -0.3 is 14.2 Å². The summed E-state index contributed by atoms with van der Waals surface area (Å²) in [6.07, 6.45) is 2.56. The van der Waals surface area contributed by atoms with E-state index in [1.807, 2.05) is 43.3 Å². The van der Waals surface area contributed by atoms with Crippen LogP contribution in [0.4, 0.5) is 0 Å². The topological polar surface area (TPSA) is 57.1 Å². The molecule has 1 aliphatic heterocycles. The average molecular weight is 416 g/mol. The molecule has 0 fully saturated rings. The number of benzene rings is 2. The van der Waals surface area contributed by atoms with Crippen molar-refractivity contribution in [2.24, 2.45) is 4.99 Å². The predicted octanol–water partition coefficient (Wildman–Crippen LogP) is 4.59. The van der Waals surface area contributed by atoms with E-state index >= 15 is 0 Å². The van der Waals surface area contributed by atoms with Gasteiger partial charge in [0.1, 0.15) is 0 Å². The highest BCUT2D eigenvalue weighted by atomic mass is 79.9. The van der Waals surface area contributed by atoms with Crippen molar-refractivity contribution in [3.8, 4) is 11.5 Å². The zero-order valence-corrected chi connectivity index (χ0v) is 16.1. The number of halogens is 1. The SMILES string of the molecule is CCCOc1cc(/C=C2\N=C(c3cccc(Br)c3)OC2=O)ccc1OC. The van der Waals surface area contributed by atoms with E-state index in [9.17, 15) is 4.79 Å². The van der Waals surface area contributed by atoms with E-state index in [0.717, 1.165) is 22.0 Å². The standard InChI is InChI=1S/C20H18BrNO4/c1-3-9-25-18-11-13(7-8-17(18)24-2)10-16-20(23)26-19(22-16)14-5-4-6-15(21)12-14/h4-8,10-12H,3,9H2,1-2H3/b16-10-. The van der Waals surface area contributed by atoms with Crippen molar-refractivity contribution in [1.29, 1.82) is 0 Å². The molecular weight excluding hydrogens is 398 g/mol. The van der Waals surface area contributed by atoms with Crippen LogP contribution in [0.15, 0.2) is 57.6 Å². The number of aliphatic imine (C=N–C) groups is 1. The van der Waals surface area contributed by atoms with Gasteiger partial charge in [-0.05, 0) is 48.4 Å². The number of cyclic esters (lactones) is 1. The average Bonchev–Trinajstić information content (AvgIpc) is 3.01. The summed E-state index contributed by atoms with van der Waals surface area (Å²) in [5, 5.41) is 0. The Morgan fingerprint density at radius 3 is 2.77 bits per heavy atom. The lowest BCUT2D eigenvalue weighted by Crippen LogP contribution is -2.05. The molecule has 26 heavy (non-hydrogen) atoms. The number of carbonyl (C=O) groups excluding carboxylic acids is 1. The molecule has 0 saturated carbocycles. The van der Waals surface area contributed by atoms with E-state index in [-0.39, 0.29) is 5.70 Å². The van der Waals surface area contributed by atoms with Crippen LogP contribution in [-0.4, -0.2) is 25.6 Å². The maximum absolute atomic E-state index is 12.2. The summed E-state index contributed by atoms with van der Waals surface area (Å²) in [6, 6.07) is 12.9. The molecule has 2 aromatic carbocycles. The third-order valence-corrected chi connectivity index (χ3v) is 4.14. The highest BCUT2D eigenvalue weighted by Gasteiger charge is 2.24. The van der Waals surface area contributed by atoms with Crippen molar-refractivity contribution in [2.75, 3.05) is 13.7 Å². The number of methoxy groups -OCH3 is 1. The summed E-state index contributed by atoms with van der Waals surface area (Å²) in [7, 11) is 1.59. The molecule has 1 aliphatic rings. The molecule has 1 heterocycles. The second-order valence-corrected chi connectivity index (χ2v) is 6.52. The van der Waals surface area contributed by atoms with Crippen LogP contribution in [0, 0.1) is 0 Å². The van der Waals surface area contributed by atoms with E-state index < -0.39 is 5.97 Å². The van der Waals surface area contributed by atoms with Crippen LogP contribution in [0.3, 0.4) is 0 Å². The van der Waals surface area contributed by atoms with Crippen molar-refractivity contribution in [3.05, 3.63) is 63.8 Å². The second-order valence-electron chi connectivity index (χ2n) is 5.61. The molecule has 0 atom stereocenters. The van der Waals surface area contributed by atoms with Crippen molar-refractivity contribution in [1.82, 2.24) is 0 Å². The first kappa shape index (κ1) is 18.2. The molecule has 3 rings (SSSR count). The molecule has 0 radical (unpaired) electrons. The minimum Gasteiger partial charge on any atom is -0.493 e. The first-order valence-electron chi connectivity index (χ1n) is 8.20. The largest absolute Gasteiger partial charge is 0.493 e. The smallest absolute Gasteiger partial charge is 0.363 e. The summed E-state index contributed by atoms with van der Waals surface area (Å²) in [4.78, 5) is 16.5. The molecule has 0 bridgehead atoms. The van der Waals surface area contributed by atoms with Gasteiger partial charge in [-0.3, -0.25) is 0 Å². The molecule has 0 unspecified atom stereocenters. The van der Waals surface area contributed by atoms with Gasteiger partial charge in [-0.2, -0.15) is 0 Å². The highest BCUT2D eigenvalue weighted by molar-refractivity contribution is 9.10. The van der Waals surface area contributed by atoms with Crippen LogP contribution < -0.4 is 9.47 Å². The number of ether oxygens (including phenoxy) is 3. The van der Waals surface area contributed by atoms with Crippen LogP contribution in [0.5, 0.6) is 11.5 Å². The summed E-state index contributed by atoms with van der Waals surface area (Å²) in [5.41, 5.74) is 1.76. The van der Waals surface area contributed by atoms with Gasteiger partial charge >= 0.3 is 5.97 Å². The Hall–Kier alpha value is -2.60. The summed E-state index contributed by atoms with van der Waals surface area (Å²) < 4.78 is 17.2. The molecule has 0 N–H and O–H groups in total. The third-order valence-electron chi connectivity index (χ3n) is 3.64. The van der Waals surface area contributed by atoms with Crippen LogP contribution in [0.2, 0.25) is 0 Å². The molecule has 0 amide bonds. The Labute approximate surface area is 160 Å². The lowest BCUT2D eigenvalue weighted by Gasteiger charge is -2.10. The number of hydrogen-bond acceptors (Lipinski definition) is 5. The van der Waals surface area contributed by atoms with E-state index in [1.165, 1.54) is 0 Å². The maximum Gasteiger partial charge on any atom is 0.363 e. The molecule has 0 spiro atoms. The number of hydrogen-bond donors (Lipinski definition) is 0. The van der Waals surface area contributed by atoms with Crippen LogP contribution in [0.1, 0.15) is 24.5 Å². The monoisotopic (exact) mass is 415 g/mol. The fourth-order valence-corrected chi connectivity index (χ4v) is 2.82. The predicted molar refractivity (Wildman–Crippen MR) is 104 cm³/mol. The number of rotatable bonds is 6. The molecule has 134 valence electrons. The van der Waals surface area contributed by atoms with E-state index in [1.54, 1.807) is 19.3 Å². The Bertz CT molecular complexity index is 889. The van der Waals surface area contributed by atoms with Gasteiger partial charge in [0.25, 0.3) is 0 Å². The molecular formula is C20H18BrNO4. The van der Waals surface area contributed by atoms with Crippen molar-refractivity contribution >= 4 is 33.9 Å². The highest BCUT2D eigenvalue weighted by Crippen LogP contribution is 2.30. The molecule has 0 aromatic heterocycles. The molecule has 2 aromatic rings. The Kier molecular flexibility index (Phi) is 5.73. The summed E-state index contributed by atoms with van der Waals surface area (Å²) in [6.45, 7) is 2.62. The van der Waals surface area contributed by atoms with E-state index in [2.05, 4.69) is 20.9 Å². The van der Waals surface area contributed by atoms with Gasteiger partial charge in [0, 0.05) is 10.0 Å². The number of carbonyl (C=O) groups is 1. The number of esters is 1. The Balaban J connectivity index is 1.90. The minimum atomic E-state index is -0.480. The quantitative estimate of drug-likeness (QED) is 0.511.